The average molecular weight is 191 g/mol. The van der Waals surface area contributed by atoms with E-state index in [0.29, 0.717) is 0 Å². The van der Waals surface area contributed by atoms with E-state index in [0.717, 1.165) is 4.99 Å². The molecule has 1 aliphatic rings. The fourth-order valence-corrected chi connectivity index (χ4v) is 1.96. The SMILES string of the molecule is Cc1cccc2c1NC(=S)C2(C)C. The van der Waals surface area contributed by atoms with Gasteiger partial charge >= 0.3 is 0 Å². The van der Waals surface area contributed by atoms with Crippen LogP contribution in [-0.4, -0.2) is 4.99 Å². The molecule has 0 unspecified atom stereocenters. The smallest absolute Gasteiger partial charge is 0.0899 e. The minimum atomic E-state index is -0.00329. The first-order chi connectivity index (χ1) is 6.03. The Morgan fingerprint density at radius 1 is 1.31 bits per heavy atom. The lowest BCUT2D eigenvalue weighted by Gasteiger charge is -2.17. The minimum Gasteiger partial charge on any atom is -0.349 e. The van der Waals surface area contributed by atoms with E-state index in [1.165, 1.54) is 16.8 Å². The fraction of sp³-hybridized carbons (Fsp3) is 0.364. The van der Waals surface area contributed by atoms with E-state index in [4.69, 9.17) is 12.2 Å². The molecule has 0 aliphatic carbocycles. The average Bonchev–Trinajstić information content (AvgIpc) is 2.28. The summed E-state index contributed by atoms with van der Waals surface area (Å²) in [4.78, 5) is 0.928. The third kappa shape index (κ3) is 1.09. The Bertz CT molecular complexity index is 380. The highest BCUT2D eigenvalue weighted by Crippen LogP contribution is 2.39. The van der Waals surface area contributed by atoms with Gasteiger partial charge in [-0.15, -0.1) is 0 Å². The van der Waals surface area contributed by atoms with Gasteiger partial charge in [0.05, 0.1) is 4.99 Å². The Morgan fingerprint density at radius 3 is 2.62 bits per heavy atom. The van der Waals surface area contributed by atoms with Gasteiger partial charge in [-0.1, -0.05) is 30.4 Å². The molecule has 1 aromatic carbocycles. The van der Waals surface area contributed by atoms with Gasteiger partial charge in [0.2, 0.25) is 0 Å². The monoisotopic (exact) mass is 191 g/mol. The van der Waals surface area contributed by atoms with E-state index in [2.05, 4.69) is 44.3 Å². The van der Waals surface area contributed by atoms with Gasteiger partial charge in [0.15, 0.2) is 0 Å². The quantitative estimate of drug-likeness (QED) is 0.633. The maximum absolute atomic E-state index is 5.31. The van der Waals surface area contributed by atoms with Crippen LogP contribution in [-0.2, 0) is 5.41 Å². The summed E-state index contributed by atoms with van der Waals surface area (Å²) in [6.45, 7) is 6.43. The number of thiocarbonyl (C=S) groups is 1. The van der Waals surface area contributed by atoms with Crippen LogP contribution in [0.2, 0.25) is 0 Å². The molecule has 1 nitrogen and oxygen atoms in total. The predicted molar refractivity (Wildman–Crippen MR) is 60.4 cm³/mol. The minimum absolute atomic E-state index is 0.00329. The molecule has 1 aliphatic heterocycles. The van der Waals surface area contributed by atoms with Crippen LogP contribution in [0.1, 0.15) is 25.0 Å². The summed E-state index contributed by atoms with van der Waals surface area (Å²) in [6.07, 6.45) is 0. The highest BCUT2D eigenvalue weighted by atomic mass is 32.1. The number of fused-ring (bicyclic) bond motifs is 1. The molecule has 0 bridgehead atoms. The number of benzene rings is 1. The first kappa shape index (κ1) is 8.70. The molecular weight excluding hydrogens is 178 g/mol. The molecule has 0 aromatic heterocycles. The van der Waals surface area contributed by atoms with Crippen molar-refractivity contribution in [2.45, 2.75) is 26.2 Å². The van der Waals surface area contributed by atoms with Crippen LogP contribution >= 0.6 is 12.2 Å². The fourth-order valence-electron chi connectivity index (χ4n) is 1.75. The van der Waals surface area contributed by atoms with Crippen molar-refractivity contribution in [1.82, 2.24) is 0 Å². The van der Waals surface area contributed by atoms with E-state index in [9.17, 15) is 0 Å². The maximum atomic E-state index is 5.31. The van der Waals surface area contributed by atoms with E-state index in [1.54, 1.807) is 0 Å². The van der Waals surface area contributed by atoms with Gasteiger partial charge in [0.25, 0.3) is 0 Å². The molecule has 0 saturated carbocycles. The highest BCUT2D eigenvalue weighted by Gasteiger charge is 2.35. The van der Waals surface area contributed by atoms with Gasteiger partial charge < -0.3 is 5.32 Å². The first-order valence-corrected chi connectivity index (χ1v) is 4.86. The van der Waals surface area contributed by atoms with Crippen molar-refractivity contribution < 1.29 is 0 Å². The Balaban J connectivity index is 2.68. The van der Waals surface area contributed by atoms with Crippen LogP contribution in [0.4, 0.5) is 5.69 Å². The summed E-state index contributed by atoms with van der Waals surface area (Å²) in [5, 5.41) is 3.29. The van der Waals surface area contributed by atoms with Crippen molar-refractivity contribution in [3.63, 3.8) is 0 Å². The molecule has 68 valence electrons. The molecule has 1 heterocycles. The van der Waals surface area contributed by atoms with Crippen LogP contribution in [0.25, 0.3) is 0 Å². The second-order valence-electron chi connectivity index (χ2n) is 4.08. The Hall–Kier alpha value is -0.890. The zero-order valence-corrected chi connectivity index (χ0v) is 8.96. The summed E-state index contributed by atoms with van der Waals surface area (Å²) in [5.74, 6) is 0. The van der Waals surface area contributed by atoms with Gasteiger partial charge in [-0.2, -0.15) is 0 Å². The second-order valence-corrected chi connectivity index (χ2v) is 4.48. The molecule has 1 aromatic rings. The standard InChI is InChI=1S/C11H13NS/c1-7-5-4-6-8-9(7)12-10(13)11(8,2)3/h4-6H,1-3H3,(H,12,13). The number of anilines is 1. The number of rotatable bonds is 0. The zero-order valence-electron chi connectivity index (χ0n) is 8.14. The van der Waals surface area contributed by atoms with E-state index in [-0.39, 0.29) is 5.41 Å². The van der Waals surface area contributed by atoms with Crippen LogP contribution in [0.5, 0.6) is 0 Å². The lowest BCUT2D eigenvalue weighted by atomic mass is 9.86. The Labute approximate surface area is 84.2 Å². The summed E-state index contributed by atoms with van der Waals surface area (Å²) in [5.41, 5.74) is 3.79. The Morgan fingerprint density at radius 2 is 2.00 bits per heavy atom. The zero-order chi connectivity index (χ0) is 9.64. The first-order valence-electron chi connectivity index (χ1n) is 4.45. The normalized spacial score (nSPS) is 18.2. The van der Waals surface area contributed by atoms with Gasteiger partial charge in [0, 0.05) is 11.1 Å². The van der Waals surface area contributed by atoms with Gasteiger partial charge in [-0.3, -0.25) is 0 Å². The maximum Gasteiger partial charge on any atom is 0.0899 e. The molecule has 0 atom stereocenters. The molecule has 0 fully saturated rings. The lowest BCUT2D eigenvalue weighted by molar-refractivity contribution is 0.747. The summed E-state index contributed by atoms with van der Waals surface area (Å²) in [7, 11) is 0. The van der Waals surface area contributed by atoms with Gasteiger partial charge in [-0.25, -0.2) is 0 Å². The number of hydrogen-bond acceptors (Lipinski definition) is 1. The van der Waals surface area contributed by atoms with Crippen LogP contribution < -0.4 is 5.32 Å². The summed E-state index contributed by atoms with van der Waals surface area (Å²) in [6, 6.07) is 6.34. The van der Waals surface area contributed by atoms with Crippen molar-refractivity contribution in [1.29, 1.82) is 0 Å². The molecule has 1 N–H and O–H groups in total. The number of nitrogens with one attached hydrogen (secondary N) is 1. The topological polar surface area (TPSA) is 12.0 Å². The molecule has 0 amide bonds. The molecule has 2 rings (SSSR count). The van der Waals surface area contributed by atoms with E-state index >= 15 is 0 Å². The number of para-hydroxylation sites is 1. The van der Waals surface area contributed by atoms with Crippen molar-refractivity contribution in [3.05, 3.63) is 29.3 Å². The van der Waals surface area contributed by atoms with Crippen molar-refractivity contribution >= 4 is 22.9 Å². The van der Waals surface area contributed by atoms with E-state index in [1.807, 2.05) is 0 Å². The van der Waals surface area contributed by atoms with Crippen LogP contribution in [0.3, 0.4) is 0 Å². The van der Waals surface area contributed by atoms with Crippen molar-refractivity contribution in [2.24, 2.45) is 0 Å². The lowest BCUT2D eigenvalue weighted by Crippen LogP contribution is -2.24. The summed E-state index contributed by atoms with van der Waals surface area (Å²) >= 11 is 5.31. The number of aryl methyl sites for hydroxylation is 1. The molecule has 0 radical (unpaired) electrons. The van der Waals surface area contributed by atoms with Crippen LogP contribution in [0.15, 0.2) is 18.2 Å². The van der Waals surface area contributed by atoms with Gasteiger partial charge in [-0.05, 0) is 31.9 Å². The highest BCUT2D eigenvalue weighted by molar-refractivity contribution is 7.80. The molecule has 0 saturated heterocycles. The third-order valence-corrected chi connectivity index (χ3v) is 3.36. The summed E-state index contributed by atoms with van der Waals surface area (Å²) < 4.78 is 0. The number of hydrogen-bond donors (Lipinski definition) is 1. The second kappa shape index (κ2) is 2.55. The van der Waals surface area contributed by atoms with Gasteiger partial charge in [0.1, 0.15) is 0 Å². The predicted octanol–water partition coefficient (Wildman–Crippen LogP) is 3.03. The molecule has 2 heteroatoms. The van der Waals surface area contributed by atoms with Crippen molar-refractivity contribution in [3.8, 4) is 0 Å². The molecule has 13 heavy (non-hydrogen) atoms. The molecule has 0 spiro atoms. The van der Waals surface area contributed by atoms with Crippen LogP contribution in [0, 0.1) is 6.92 Å². The largest absolute Gasteiger partial charge is 0.349 e. The Kier molecular flexibility index (Phi) is 1.70. The van der Waals surface area contributed by atoms with E-state index < -0.39 is 0 Å². The molecular formula is C11H13NS. The third-order valence-electron chi connectivity index (χ3n) is 2.75. The van der Waals surface area contributed by atoms with Crippen molar-refractivity contribution in [2.75, 3.05) is 5.32 Å².